The Balaban J connectivity index is 1.46. The van der Waals surface area contributed by atoms with Gasteiger partial charge in [0.05, 0.1) is 18.5 Å². The largest absolute Gasteiger partial charge is 0.296 e. The molecule has 0 saturated carbocycles. The number of hydrogen-bond donors (Lipinski definition) is 1. The minimum Gasteiger partial charge on any atom is -0.296 e. The fourth-order valence-corrected chi connectivity index (χ4v) is 5.05. The molecule has 0 atom stereocenters. The van der Waals surface area contributed by atoms with Gasteiger partial charge in [0.1, 0.15) is 5.01 Å². The van der Waals surface area contributed by atoms with E-state index in [9.17, 15) is 13.2 Å². The number of halogens is 2. The molecule has 0 spiro atoms. The molecule has 0 saturated heterocycles. The lowest BCUT2D eigenvalue weighted by Crippen LogP contribution is -2.29. The Labute approximate surface area is 211 Å². The molecule has 1 N–H and O–H groups in total. The molecule has 11 heteroatoms. The normalized spacial score (nSPS) is 11.3. The van der Waals surface area contributed by atoms with Crippen LogP contribution < -0.4 is 9.62 Å². The van der Waals surface area contributed by atoms with Crippen molar-refractivity contribution >= 4 is 61.3 Å². The molecule has 0 aliphatic rings. The zero-order valence-electron chi connectivity index (χ0n) is 17.8. The number of nitrogens with one attached hydrogen (secondary N) is 1. The van der Waals surface area contributed by atoms with Crippen molar-refractivity contribution in [2.75, 3.05) is 15.9 Å². The van der Waals surface area contributed by atoms with Crippen molar-refractivity contribution in [1.82, 2.24) is 10.2 Å². The molecular weight excluding hydrogens is 515 g/mol. The van der Waals surface area contributed by atoms with Crippen LogP contribution in [0, 0.1) is 0 Å². The summed E-state index contributed by atoms with van der Waals surface area (Å²) in [7, 11) is -3.55. The van der Waals surface area contributed by atoms with Crippen molar-refractivity contribution < 1.29 is 13.2 Å². The molecule has 4 rings (SSSR count). The van der Waals surface area contributed by atoms with Gasteiger partial charge in [-0.2, -0.15) is 0 Å². The van der Waals surface area contributed by atoms with Crippen molar-refractivity contribution in [3.8, 4) is 10.6 Å². The quantitative estimate of drug-likeness (QED) is 0.328. The highest BCUT2D eigenvalue weighted by atomic mass is 35.5. The van der Waals surface area contributed by atoms with Crippen LogP contribution in [0.1, 0.15) is 15.9 Å². The van der Waals surface area contributed by atoms with E-state index in [1.807, 2.05) is 12.1 Å². The second-order valence-corrected chi connectivity index (χ2v) is 11.1. The number of sulfonamides is 1. The summed E-state index contributed by atoms with van der Waals surface area (Å²) in [5, 5.41) is 12.9. The van der Waals surface area contributed by atoms with Crippen molar-refractivity contribution in [1.29, 1.82) is 0 Å². The standard InChI is InChI=1S/C23H18Cl2N4O3S2/c1-34(31,32)29(20-4-2-3-19(25)13-20)14-15-5-7-16(8-6-15)21(30)26-23-28-27-22(33-23)17-9-11-18(24)12-10-17/h2-13H,14H2,1H3,(H,26,28,30). The number of carbonyl (C=O) groups is 1. The van der Waals surface area contributed by atoms with Gasteiger partial charge in [0.25, 0.3) is 5.91 Å². The Morgan fingerprint density at radius 3 is 2.32 bits per heavy atom. The van der Waals surface area contributed by atoms with Crippen LogP contribution in [-0.2, 0) is 16.6 Å². The van der Waals surface area contributed by atoms with Gasteiger partial charge in [0, 0.05) is 21.2 Å². The van der Waals surface area contributed by atoms with Gasteiger partial charge in [0.15, 0.2) is 0 Å². The summed E-state index contributed by atoms with van der Waals surface area (Å²) in [6.45, 7) is 0.0991. The number of rotatable bonds is 7. The molecule has 4 aromatic rings. The SMILES string of the molecule is CS(=O)(=O)N(Cc1ccc(C(=O)Nc2nnc(-c3ccc(Cl)cc3)s2)cc1)c1cccc(Cl)c1. The maximum absolute atomic E-state index is 12.6. The van der Waals surface area contributed by atoms with Crippen LogP contribution in [0.15, 0.2) is 72.8 Å². The second kappa shape index (κ2) is 10.1. The van der Waals surface area contributed by atoms with E-state index < -0.39 is 10.0 Å². The fourth-order valence-electron chi connectivity index (χ4n) is 3.11. The van der Waals surface area contributed by atoms with Gasteiger partial charge >= 0.3 is 0 Å². The highest BCUT2D eigenvalue weighted by molar-refractivity contribution is 7.92. The van der Waals surface area contributed by atoms with Crippen LogP contribution >= 0.6 is 34.5 Å². The smallest absolute Gasteiger partial charge is 0.257 e. The Hall–Kier alpha value is -2.98. The molecule has 7 nitrogen and oxygen atoms in total. The van der Waals surface area contributed by atoms with Gasteiger partial charge in [-0.3, -0.25) is 14.4 Å². The summed E-state index contributed by atoms with van der Waals surface area (Å²) in [4.78, 5) is 12.6. The molecule has 0 radical (unpaired) electrons. The minimum absolute atomic E-state index is 0.0991. The second-order valence-electron chi connectivity index (χ2n) is 7.32. The molecule has 174 valence electrons. The molecule has 1 aromatic heterocycles. The van der Waals surface area contributed by atoms with Crippen molar-refractivity contribution in [3.05, 3.63) is 94.0 Å². The lowest BCUT2D eigenvalue weighted by atomic mass is 10.1. The molecule has 0 aliphatic carbocycles. The average Bonchev–Trinajstić information content (AvgIpc) is 3.26. The Bertz CT molecular complexity index is 1420. The van der Waals surface area contributed by atoms with Gasteiger partial charge in [0.2, 0.25) is 15.2 Å². The molecule has 0 fully saturated rings. The van der Waals surface area contributed by atoms with E-state index >= 15 is 0 Å². The summed E-state index contributed by atoms with van der Waals surface area (Å²) < 4.78 is 26.0. The van der Waals surface area contributed by atoms with Crippen LogP contribution in [0.3, 0.4) is 0 Å². The molecule has 0 aliphatic heterocycles. The van der Waals surface area contributed by atoms with E-state index in [-0.39, 0.29) is 12.5 Å². The number of carbonyl (C=O) groups excluding carboxylic acids is 1. The van der Waals surface area contributed by atoms with E-state index in [1.54, 1.807) is 60.7 Å². The number of benzene rings is 3. The molecule has 3 aromatic carbocycles. The van der Waals surface area contributed by atoms with Gasteiger partial charge in [-0.15, -0.1) is 10.2 Å². The number of hydrogen-bond acceptors (Lipinski definition) is 6. The molecule has 1 amide bonds. The number of nitrogens with zero attached hydrogens (tertiary/aromatic N) is 3. The van der Waals surface area contributed by atoms with Crippen LogP contribution in [0.25, 0.3) is 10.6 Å². The first kappa shape index (κ1) is 24.2. The third kappa shape index (κ3) is 5.92. The van der Waals surface area contributed by atoms with Crippen LogP contribution in [0.2, 0.25) is 10.0 Å². The predicted octanol–water partition coefficient (Wildman–Crippen LogP) is 5.73. The van der Waals surface area contributed by atoms with E-state index in [0.717, 1.165) is 11.8 Å². The summed E-state index contributed by atoms with van der Waals surface area (Å²) in [6.07, 6.45) is 1.13. The fraction of sp³-hybridized carbons (Fsp3) is 0.0870. The Kier molecular flexibility index (Phi) is 7.18. The first-order valence-electron chi connectivity index (χ1n) is 9.92. The number of aromatic nitrogens is 2. The Morgan fingerprint density at radius 1 is 0.971 bits per heavy atom. The first-order valence-corrected chi connectivity index (χ1v) is 13.3. The van der Waals surface area contributed by atoms with E-state index in [0.29, 0.717) is 37.0 Å². The summed E-state index contributed by atoms with van der Waals surface area (Å²) in [6, 6.07) is 20.5. The maximum atomic E-state index is 12.6. The van der Waals surface area contributed by atoms with Crippen molar-refractivity contribution in [3.63, 3.8) is 0 Å². The average molecular weight is 533 g/mol. The lowest BCUT2D eigenvalue weighted by molar-refractivity contribution is 0.102. The van der Waals surface area contributed by atoms with Gasteiger partial charge in [-0.25, -0.2) is 8.42 Å². The van der Waals surface area contributed by atoms with Crippen molar-refractivity contribution in [2.24, 2.45) is 0 Å². The zero-order valence-corrected chi connectivity index (χ0v) is 20.9. The first-order chi connectivity index (χ1) is 16.2. The molecule has 1 heterocycles. The van der Waals surface area contributed by atoms with Crippen LogP contribution in [0.4, 0.5) is 10.8 Å². The number of anilines is 2. The van der Waals surface area contributed by atoms with Gasteiger partial charge in [-0.05, 0) is 48.0 Å². The lowest BCUT2D eigenvalue weighted by Gasteiger charge is -2.22. The van der Waals surface area contributed by atoms with Crippen molar-refractivity contribution in [2.45, 2.75) is 6.54 Å². The van der Waals surface area contributed by atoms with E-state index in [4.69, 9.17) is 23.2 Å². The maximum Gasteiger partial charge on any atom is 0.257 e. The highest BCUT2D eigenvalue weighted by Gasteiger charge is 2.19. The number of amides is 1. The third-order valence-electron chi connectivity index (χ3n) is 4.78. The predicted molar refractivity (Wildman–Crippen MR) is 137 cm³/mol. The molecule has 0 bridgehead atoms. The monoisotopic (exact) mass is 532 g/mol. The summed E-state index contributed by atoms with van der Waals surface area (Å²) in [5.41, 5.74) is 2.43. The van der Waals surface area contributed by atoms with Gasteiger partial charge < -0.3 is 0 Å². The summed E-state index contributed by atoms with van der Waals surface area (Å²) >= 11 is 13.2. The topological polar surface area (TPSA) is 92.3 Å². The molecular formula is C23H18Cl2N4O3S2. The molecule has 34 heavy (non-hydrogen) atoms. The van der Waals surface area contributed by atoms with E-state index in [1.165, 1.54) is 15.6 Å². The third-order valence-corrected chi connectivity index (χ3v) is 7.29. The van der Waals surface area contributed by atoms with E-state index in [2.05, 4.69) is 15.5 Å². The zero-order chi connectivity index (χ0) is 24.3. The van der Waals surface area contributed by atoms with Crippen LogP contribution in [-0.4, -0.2) is 30.8 Å². The Morgan fingerprint density at radius 2 is 1.68 bits per heavy atom. The minimum atomic E-state index is -3.55. The molecule has 0 unspecified atom stereocenters. The highest BCUT2D eigenvalue weighted by Crippen LogP contribution is 2.28. The van der Waals surface area contributed by atoms with Crippen LogP contribution in [0.5, 0.6) is 0 Å². The van der Waals surface area contributed by atoms with Gasteiger partial charge in [-0.1, -0.05) is 64.9 Å². The summed E-state index contributed by atoms with van der Waals surface area (Å²) in [5.74, 6) is -0.347.